The van der Waals surface area contributed by atoms with E-state index in [0.29, 0.717) is 24.3 Å². The number of carboxylic acids is 1. The predicted octanol–water partition coefficient (Wildman–Crippen LogP) is 2.26. The van der Waals surface area contributed by atoms with Crippen LogP contribution in [0.25, 0.3) is 6.08 Å². The van der Waals surface area contributed by atoms with Gasteiger partial charge < -0.3 is 9.90 Å². The molecule has 0 unspecified atom stereocenters. The fourth-order valence-electron chi connectivity index (χ4n) is 1.05. The van der Waals surface area contributed by atoms with Crippen LogP contribution in [0.2, 0.25) is 5.02 Å². The number of aliphatic carboxylic acids is 1. The molecule has 7 heteroatoms. The summed E-state index contributed by atoms with van der Waals surface area (Å²) in [6.45, 7) is 0. The molecule has 0 amide bonds. The van der Waals surface area contributed by atoms with Crippen LogP contribution in [0.3, 0.4) is 0 Å². The summed E-state index contributed by atoms with van der Waals surface area (Å²) in [4.78, 5) is 10.1. The highest BCUT2D eigenvalue weighted by Crippen LogP contribution is 2.33. The average molecular weight is 268 g/mol. The Bertz CT molecular complexity index is 480. The summed E-state index contributed by atoms with van der Waals surface area (Å²) in [5.74, 6) is -2.78. The molecular weight excluding hydrogens is 264 g/mol. The highest BCUT2D eigenvalue weighted by Gasteiger charge is 2.31. The van der Waals surface area contributed by atoms with E-state index in [1.807, 2.05) is 0 Å². The Morgan fingerprint density at radius 3 is 2.41 bits per heavy atom. The highest BCUT2D eigenvalue weighted by atomic mass is 35.5. The molecule has 0 heterocycles. The zero-order chi connectivity index (χ0) is 13.2. The molecule has 1 aromatic carbocycles. The van der Waals surface area contributed by atoms with Crippen LogP contribution in [-0.4, -0.2) is 5.97 Å². The minimum Gasteiger partial charge on any atom is -0.545 e. The largest absolute Gasteiger partial charge is 0.545 e. The minimum absolute atomic E-state index is 0.412. The van der Waals surface area contributed by atoms with Gasteiger partial charge in [-0.3, -0.25) is 0 Å². The molecule has 0 saturated carbocycles. The van der Waals surface area contributed by atoms with E-state index in [0.717, 1.165) is 0 Å². The lowest BCUT2D eigenvalue weighted by Crippen LogP contribution is -2.18. The molecule has 0 fully saturated rings. The van der Waals surface area contributed by atoms with Crippen LogP contribution >= 0.6 is 11.6 Å². The number of alkyl halides is 3. The Kier molecular flexibility index (Phi) is 3.77. The first-order chi connectivity index (χ1) is 7.71. The first kappa shape index (κ1) is 13.5. The van der Waals surface area contributed by atoms with Crippen molar-refractivity contribution in [2.24, 2.45) is 0 Å². The van der Waals surface area contributed by atoms with Crippen LogP contribution < -0.4 is 5.11 Å². The standard InChI is InChI=1S/C10H5ClF4O2/c11-7-4-6(10(13,14)15)3-5(9(7)12)1-2-8(16)17/h1-4H,(H,16,17)/p-1/b2-1+. The van der Waals surface area contributed by atoms with Gasteiger partial charge in [0.15, 0.2) is 0 Å². The van der Waals surface area contributed by atoms with Crippen LogP contribution in [0.15, 0.2) is 18.2 Å². The number of rotatable bonds is 2. The van der Waals surface area contributed by atoms with E-state index in [-0.39, 0.29) is 0 Å². The van der Waals surface area contributed by atoms with Crippen LogP contribution in [-0.2, 0) is 11.0 Å². The van der Waals surface area contributed by atoms with Gasteiger partial charge in [0.05, 0.1) is 16.6 Å². The Morgan fingerprint density at radius 2 is 1.94 bits per heavy atom. The first-order valence-corrected chi connectivity index (χ1v) is 4.55. The molecule has 0 bridgehead atoms. The summed E-state index contributed by atoms with van der Waals surface area (Å²) in [7, 11) is 0. The van der Waals surface area contributed by atoms with E-state index in [1.54, 1.807) is 0 Å². The summed E-state index contributed by atoms with van der Waals surface area (Å²) in [5, 5.41) is 9.34. The number of carbonyl (C=O) groups is 1. The molecule has 92 valence electrons. The normalized spacial score (nSPS) is 12.1. The molecule has 0 atom stereocenters. The van der Waals surface area contributed by atoms with Gasteiger partial charge >= 0.3 is 6.18 Å². The third-order valence-electron chi connectivity index (χ3n) is 1.78. The van der Waals surface area contributed by atoms with Gasteiger partial charge in [0, 0.05) is 5.56 Å². The lowest BCUT2D eigenvalue weighted by molar-refractivity contribution is -0.297. The van der Waals surface area contributed by atoms with Gasteiger partial charge in [-0.05, 0) is 18.2 Å². The van der Waals surface area contributed by atoms with Crippen molar-refractivity contribution in [2.45, 2.75) is 6.18 Å². The highest BCUT2D eigenvalue weighted by molar-refractivity contribution is 6.31. The van der Waals surface area contributed by atoms with E-state index >= 15 is 0 Å². The van der Waals surface area contributed by atoms with Gasteiger partial charge in [-0.25, -0.2) is 4.39 Å². The van der Waals surface area contributed by atoms with Crippen molar-refractivity contribution in [1.82, 2.24) is 0 Å². The molecule has 0 spiro atoms. The summed E-state index contributed by atoms with van der Waals surface area (Å²) in [6.07, 6.45) is -3.64. The van der Waals surface area contributed by atoms with Crippen LogP contribution in [0.4, 0.5) is 17.6 Å². The van der Waals surface area contributed by atoms with Gasteiger partial charge in [0.25, 0.3) is 0 Å². The zero-order valence-corrected chi connectivity index (χ0v) is 8.77. The van der Waals surface area contributed by atoms with Crippen molar-refractivity contribution >= 4 is 23.6 Å². The van der Waals surface area contributed by atoms with Gasteiger partial charge in [-0.1, -0.05) is 17.7 Å². The van der Waals surface area contributed by atoms with Crippen molar-refractivity contribution in [2.75, 3.05) is 0 Å². The van der Waals surface area contributed by atoms with Gasteiger partial charge in [-0.15, -0.1) is 0 Å². The van der Waals surface area contributed by atoms with Crippen molar-refractivity contribution in [3.8, 4) is 0 Å². The lowest BCUT2D eigenvalue weighted by Gasteiger charge is -2.09. The van der Waals surface area contributed by atoms with E-state index in [9.17, 15) is 27.5 Å². The van der Waals surface area contributed by atoms with E-state index in [4.69, 9.17) is 11.6 Å². The van der Waals surface area contributed by atoms with Crippen LogP contribution in [0, 0.1) is 5.82 Å². The SMILES string of the molecule is O=C([O-])/C=C/c1cc(C(F)(F)F)cc(Cl)c1F. The van der Waals surface area contributed by atoms with Gasteiger partial charge in [0.2, 0.25) is 0 Å². The van der Waals surface area contributed by atoms with Crippen LogP contribution in [0.1, 0.15) is 11.1 Å². The number of halogens is 5. The molecule has 0 saturated heterocycles. The van der Waals surface area contributed by atoms with Gasteiger partial charge in [0.1, 0.15) is 5.82 Å². The summed E-state index contributed by atoms with van der Waals surface area (Å²) in [5.41, 5.74) is -1.74. The van der Waals surface area contributed by atoms with Crippen molar-refractivity contribution < 1.29 is 27.5 Å². The molecule has 0 aliphatic heterocycles. The molecule has 17 heavy (non-hydrogen) atoms. The maximum atomic E-state index is 13.3. The molecule has 0 aliphatic carbocycles. The van der Waals surface area contributed by atoms with Gasteiger partial charge in [-0.2, -0.15) is 13.2 Å². The number of carbonyl (C=O) groups excluding carboxylic acids is 1. The second-order valence-electron chi connectivity index (χ2n) is 3.01. The van der Waals surface area contributed by atoms with Crippen LogP contribution in [0.5, 0.6) is 0 Å². The lowest BCUT2D eigenvalue weighted by atomic mass is 10.1. The van der Waals surface area contributed by atoms with E-state index < -0.39 is 34.1 Å². The quantitative estimate of drug-likeness (QED) is 0.609. The number of hydrogen-bond donors (Lipinski definition) is 0. The fraction of sp³-hybridized carbons (Fsp3) is 0.100. The van der Waals surface area contributed by atoms with E-state index in [2.05, 4.69) is 0 Å². The van der Waals surface area contributed by atoms with Crippen molar-refractivity contribution in [3.05, 3.63) is 40.2 Å². The molecule has 0 N–H and O–H groups in total. The molecule has 1 rings (SSSR count). The molecule has 0 radical (unpaired) electrons. The molecule has 0 aliphatic rings. The molecule has 2 nitrogen and oxygen atoms in total. The minimum atomic E-state index is -4.69. The topological polar surface area (TPSA) is 40.1 Å². The third kappa shape index (κ3) is 3.45. The van der Waals surface area contributed by atoms with Crippen molar-refractivity contribution in [1.29, 1.82) is 0 Å². The predicted molar refractivity (Wildman–Crippen MR) is 50.5 cm³/mol. The maximum Gasteiger partial charge on any atom is 0.416 e. The smallest absolute Gasteiger partial charge is 0.416 e. The zero-order valence-electron chi connectivity index (χ0n) is 8.02. The Morgan fingerprint density at radius 1 is 1.35 bits per heavy atom. The number of benzene rings is 1. The summed E-state index contributed by atoms with van der Waals surface area (Å²) >= 11 is 5.27. The summed E-state index contributed by atoms with van der Waals surface area (Å²) in [6, 6.07) is 0.883. The number of carboxylic acid groups (broad SMARTS) is 1. The molecule has 1 aromatic rings. The van der Waals surface area contributed by atoms with Crippen molar-refractivity contribution in [3.63, 3.8) is 0 Å². The third-order valence-corrected chi connectivity index (χ3v) is 2.06. The Balaban J connectivity index is 3.30. The van der Waals surface area contributed by atoms with E-state index in [1.165, 1.54) is 0 Å². The molecular formula is C10H4ClF4O2-. The fourth-order valence-corrected chi connectivity index (χ4v) is 1.28. The second kappa shape index (κ2) is 4.75. The summed E-state index contributed by atoms with van der Waals surface area (Å²) < 4.78 is 50.3. The average Bonchev–Trinajstić information content (AvgIpc) is 2.18. The number of hydrogen-bond acceptors (Lipinski definition) is 2. The Hall–Kier alpha value is -1.56. The second-order valence-corrected chi connectivity index (χ2v) is 3.42. The Labute approximate surface area is 98.1 Å². The monoisotopic (exact) mass is 267 g/mol. The first-order valence-electron chi connectivity index (χ1n) is 4.17. The maximum absolute atomic E-state index is 13.3. The molecule has 0 aromatic heterocycles.